The zero-order chi connectivity index (χ0) is 11.0. The molecule has 0 radical (unpaired) electrons. The third kappa shape index (κ3) is 2.11. The SMILES string of the molecule is COC(=O)C1CC1c1ccc(Cl)c(Cl)c1. The van der Waals surface area contributed by atoms with E-state index in [4.69, 9.17) is 23.2 Å². The topological polar surface area (TPSA) is 26.3 Å². The van der Waals surface area contributed by atoms with Crippen LogP contribution in [0.4, 0.5) is 0 Å². The fourth-order valence-corrected chi connectivity index (χ4v) is 2.02. The van der Waals surface area contributed by atoms with Gasteiger partial charge in [0.25, 0.3) is 0 Å². The average Bonchev–Trinajstić information content (AvgIpc) is 3.01. The molecule has 15 heavy (non-hydrogen) atoms. The monoisotopic (exact) mass is 244 g/mol. The minimum Gasteiger partial charge on any atom is -0.469 e. The third-order valence-electron chi connectivity index (χ3n) is 2.67. The van der Waals surface area contributed by atoms with Crippen molar-refractivity contribution in [2.24, 2.45) is 5.92 Å². The molecule has 0 heterocycles. The second-order valence-corrected chi connectivity index (χ2v) is 4.46. The Morgan fingerprint density at radius 2 is 2.13 bits per heavy atom. The van der Waals surface area contributed by atoms with Crippen molar-refractivity contribution >= 4 is 29.2 Å². The lowest BCUT2D eigenvalue weighted by atomic mass is 10.1. The van der Waals surface area contributed by atoms with Crippen molar-refractivity contribution in [1.82, 2.24) is 0 Å². The smallest absolute Gasteiger partial charge is 0.309 e. The highest BCUT2D eigenvalue weighted by atomic mass is 35.5. The van der Waals surface area contributed by atoms with Gasteiger partial charge in [-0.25, -0.2) is 0 Å². The molecule has 0 saturated heterocycles. The first-order valence-corrected chi connectivity index (χ1v) is 5.42. The predicted octanol–water partition coefficient (Wildman–Crippen LogP) is 3.27. The predicted molar refractivity (Wildman–Crippen MR) is 59.3 cm³/mol. The zero-order valence-corrected chi connectivity index (χ0v) is 9.68. The van der Waals surface area contributed by atoms with Gasteiger partial charge in [0.05, 0.1) is 23.1 Å². The van der Waals surface area contributed by atoms with Gasteiger partial charge in [-0.05, 0) is 30.0 Å². The quantitative estimate of drug-likeness (QED) is 0.747. The van der Waals surface area contributed by atoms with Gasteiger partial charge < -0.3 is 4.74 Å². The van der Waals surface area contributed by atoms with E-state index in [0.717, 1.165) is 12.0 Å². The highest BCUT2D eigenvalue weighted by Gasteiger charge is 2.44. The Hall–Kier alpha value is -0.730. The second-order valence-electron chi connectivity index (χ2n) is 3.65. The Morgan fingerprint density at radius 1 is 1.40 bits per heavy atom. The van der Waals surface area contributed by atoms with Gasteiger partial charge in [-0.15, -0.1) is 0 Å². The highest BCUT2D eigenvalue weighted by Crippen LogP contribution is 2.48. The summed E-state index contributed by atoms with van der Waals surface area (Å²) in [5.74, 6) is 0.0885. The van der Waals surface area contributed by atoms with E-state index >= 15 is 0 Å². The molecule has 0 amide bonds. The fraction of sp³-hybridized carbons (Fsp3) is 0.364. The molecule has 2 rings (SSSR count). The molecule has 0 aromatic heterocycles. The van der Waals surface area contributed by atoms with Crippen LogP contribution in [0.3, 0.4) is 0 Å². The lowest BCUT2D eigenvalue weighted by molar-refractivity contribution is -0.142. The number of hydrogen-bond acceptors (Lipinski definition) is 2. The van der Waals surface area contributed by atoms with Crippen molar-refractivity contribution < 1.29 is 9.53 Å². The standard InChI is InChI=1S/C11H10Cl2O2/c1-15-11(14)8-5-7(8)6-2-3-9(12)10(13)4-6/h2-4,7-8H,5H2,1H3. The third-order valence-corrected chi connectivity index (χ3v) is 3.41. The molecular formula is C11H10Cl2O2. The van der Waals surface area contributed by atoms with E-state index in [9.17, 15) is 4.79 Å². The van der Waals surface area contributed by atoms with E-state index in [0.29, 0.717) is 10.0 Å². The maximum absolute atomic E-state index is 11.2. The summed E-state index contributed by atoms with van der Waals surface area (Å²) in [6.07, 6.45) is 0.838. The van der Waals surface area contributed by atoms with Crippen LogP contribution in [0.15, 0.2) is 18.2 Å². The van der Waals surface area contributed by atoms with E-state index in [2.05, 4.69) is 4.74 Å². The van der Waals surface area contributed by atoms with Crippen LogP contribution in [0.2, 0.25) is 10.0 Å². The summed E-state index contributed by atoms with van der Waals surface area (Å²) in [5, 5.41) is 1.07. The molecule has 1 aromatic rings. The van der Waals surface area contributed by atoms with Crippen LogP contribution in [0.1, 0.15) is 17.9 Å². The number of rotatable bonds is 2. The summed E-state index contributed by atoms with van der Waals surface area (Å²) >= 11 is 11.7. The number of halogens is 2. The highest BCUT2D eigenvalue weighted by molar-refractivity contribution is 6.42. The summed E-state index contributed by atoms with van der Waals surface area (Å²) in [6, 6.07) is 5.48. The van der Waals surface area contributed by atoms with Crippen molar-refractivity contribution in [3.8, 4) is 0 Å². The molecule has 80 valence electrons. The normalized spacial score (nSPS) is 23.7. The van der Waals surface area contributed by atoms with Crippen LogP contribution in [0.25, 0.3) is 0 Å². The average molecular weight is 245 g/mol. The Kier molecular flexibility index (Phi) is 2.89. The largest absolute Gasteiger partial charge is 0.469 e. The summed E-state index contributed by atoms with van der Waals surface area (Å²) in [5.41, 5.74) is 1.06. The molecule has 0 aliphatic heterocycles. The van der Waals surface area contributed by atoms with E-state index in [-0.39, 0.29) is 17.8 Å². The first-order chi connectivity index (χ1) is 7.13. The molecule has 0 spiro atoms. The first kappa shape index (κ1) is 10.8. The lowest BCUT2D eigenvalue weighted by Gasteiger charge is -2.01. The number of hydrogen-bond donors (Lipinski definition) is 0. The molecule has 1 aliphatic carbocycles. The molecule has 1 aromatic carbocycles. The lowest BCUT2D eigenvalue weighted by Crippen LogP contribution is -2.03. The van der Waals surface area contributed by atoms with Crippen molar-refractivity contribution in [2.45, 2.75) is 12.3 Å². The molecule has 1 saturated carbocycles. The number of carbonyl (C=O) groups excluding carboxylic acids is 1. The fourth-order valence-electron chi connectivity index (χ4n) is 1.72. The summed E-state index contributed by atoms with van der Waals surface area (Å²) in [4.78, 5) is 11.2. The van der Waals surface area contributed by atoms with Crippen LogP contribution in [-0.2, 0) is 9.53 Å². The van der Waals surface area contributed by atoms with Crippen LogP contribution in [0.5, 0.6) is 0 Å². The van der Waals surface area contributed by atoms with Gasteiger partial charge in [-0.1, -0.05) is 29.3 Å². The Bertz CT molecular complexity index is 404. The molecule has 2 nitrogen and oxygen atoms in total. The summed E-state index contributed by atoms with van der Waals surface area (Å²) < 4.78 is 4.68. The molecule has 1 aliphatic rings. The Morgan fingerprint density at radius 3 is 2.73 bits per heavy atom. The molecule has 1 fully saturated rings. The maximum atomic E-state index is 11.2. The molecule has 2 unspecified atom stereocenters. The van der Waals surface area contributed by atoms with Crippen molar-refractivity contribution in [3.63, 3.8) is 0 Å². The van der Waals surface area contributed by atoms with Gasteiger partial charge in [0.2, 0.25) is 0 Å². The first-order valence-electron chi connectivity index (χ1n) is 4.66. The van der Waals surface area contributed by atoms with Crippen LogP contribution in [-0.4, -0.2) is 13.1 Å². The van der Waals surface area contributed by atoms with E-state index in [1.54, 1.807) is 6.07 Å². The minimum atomic E-state index is -0.147. The van der Waals surface area contributed by atoms with Gasteiger partial charge in [0.15, 0.2) is 0 Å². The van der Waals surface area contributed by atoms with Gasteiger partial charge >= 0.3 is 5.97 Å². The maximum Gasteiger partial charge on any atom is 0.309 e. The minimum absolute atomic E-state index is 0.00718. The van der Waals surface area contributed by atoms with E-state index < -0.39 is 0 Å². The number of esters is 1. The molecule has 0 N–H and O–H groups in total. The second kappa shape index (κ2) is 4.03. The van der Waals surface area contributed by atoms with Crippen LogP contribution >= 0.6 is 23.2 Å². The van der Waals surface area contributed by atoms with E-state index in [1.165, 1.54) is 7.11 Å². The van der Waals surface area contributed by atoms with Gasteiger partial charge in [-0.2, -0.15) is 0 Å². The van der Waals surface area contributed by atoms with Crippen LogP contribution < -0.4 is 0 Å². The molecule has 2 atom stereocenters. The van der Waals surface area contributed by atoms with Crippen molar-refractivity contribution in [2.75, 3.05) is 7.11 Å². The van der Waals surface area contributed by atoms with E-state index in [1.807, 2.05) is 12.1 Å². The van der Waals surface area contributed by atoms with Gasteiger partial charge in [-0.3, -0.25) is 4.79 Å². The zero-order valence-electron chi connectivity index (χ0n) is 8.17. The summed E-state index contributed by atoms with van der Waals surface area (Å²) in [6.45, 7) is 0. The molecule has 4 heteroatoms. The molecule has 0 bridgehead atoms. The Balaban J connectivity index is 2.13. The van der Waals surface area contributed by atoms with Gasteiger partial charge in [0.1, 0.15) is 0 Å². The van der Waals surface area contributed by atoms with Crippen molar-refractivity contribution in [1.29, 1.82) is 0 Å². The number of methoxy groups -OCH3 is 1. The van der Waals surface area contributed by atoms with Crippen molar-refractivity contribution in [3.05, 3.63) is 33.8 Å². The van der Waals surface area contributed by atoms with Crippen LogP contribution in [0, 0.1) is 5.92 Å². The Labute approximate surface area is 98.1 Å². The number of ether oxygens (including phenoxy) is 1. The summed E-state index contributed by atoms with van der Waals surface area (Å²) in [7, 11) is 1.41. The van der Waals surface area contributed by atoms with Gasteiger partial charge in [0, 0.05) is 0 Å². The molecular weight excluding hydrogens is 235 g/mol. The number of benzene rings is 1. The number of carbonyl (C=O) groups is 1.